The summed E-state index contributed by atoms with van der Waals surface area (Å²) in [6, 6.07) is 8.18. The molecule has 4 rings (SSSR count). The van der Waals surface area contributed by atoms with Gasteiger partial charge in [-0.1, -0.05) is 36.1 Å². The number of thiazole rings is 1. The van der Waals surface area contributed by atoms with Crippen LogP contribution < -0.4 is 24.4 Å². The highest BCUT2D eigenvalue weighted by Gasteiger charge is 2.34. The first-order valence-corrected chi connectivity index (χ1v) is 11.2. The number of ether oxygens (including phenoxy) is 3. The molecule has 0 N–H and O–H groups in total. The van der Waals surface area contributed by atoms with Gasteiger partial charge >= 0.3 is 5.97 Å². The van der Waals surface area contributed by atoms with Crippen molar-refractivity contribution in [1.82, 2.24) is 9.55 Å². The molecule has 0 fully saturated rings. The zero-order valence-corrected chi connectivity index (χ0v) is 19.8. The number of carbonyl (C=O) groups is 1. The van der Waals surface area contributed by atoms with E-state index in [1.54, 1.807) is 56.8 Å². The molecule has 0 saturated carbocycles. The summed E-state index contributed by atoms with van der Waals surface area (Å²) in [4.78, 5) is 35.8. The Bertz CT molecular complexity index is 1450. The van der Waals surface area contributed by atoms with Gasteiger partial charge in [-0.3, -0.25) is 14.3 Å². The van der Waals surface area contributed by atoms with E-state index in [0.717, 1.165) is 5.56 Å². The van der Waals surface area contributed by atoms with Crippen molar-refractivity contribution >= 4 is 23.4 Å². The van der Waals surface area contributed by atoms with Gasteiger partial charge in [-0.05, 0) is 42.3 Å². The van der Waals surface area contributed by atoms with E-state index in [2.05, 4.69) is 16.6 Å². The predicted molar refractivity (Wildman–Crippen MR) is 129 cm³/mol. The number of hydrogen-bond acceptors (Lipinski definition) is 8. The van der Waals surface area contributed by atoms with Crippen LogP contribution >= 0.6 is 11.3 Å². The minimum Gasteiger partial charge on any atom is -0.493 e. The molecule has 1 atom stereocenters. The maximum absolute atomic E-state index is 13.6. The Morgan fingerprint density at radius 1 is 1.24 bits per heavy atom. The molecular weight excluding hydrogens is 454 g/mol. The fraction of sp³-hybridized carbons (Fsp3) is 0.200. The number of fused-ring (bicyclic) bond motifs is 1. The van der Waals surface area contributed by atoms with Gasteiger partial charge in [0.1, 0.15) is 6.61 Å². The van der Waals surface area contributed by atoms with Crippen molar-refractivity contribution in [1.29, 1.82) is 0 Å². The SMILES string of the molecule is C=CCOC(=O)C1=C(C)N=c2sc(=Cc3cccnc3)c(=O)n2C1c1ccc(OC)c(OC)c1. The highest BCUT2D eigenvalue weighted by Crippen LogP contribution is 2.36. The number of pyridine rings is 1. The van der Waals surface area contributed by atoms with Crippen molar-refractivity contribution < 1.29 is 19.0 Å². The van der Waals surface area contributed by atoms with E-state index in [-0.39, 0.29) is 17.7 Å². The number of rotatable bonds is 7. The van der Waals surface area contributed by atoms with E-state index in [9.17, 15) is 9.59 Å². The van der Waals surface area contributed by atoms with E-state index in [4.69, 9.17) is 14.2 Å². The second-order valence-electron chi connectivity index (χ2n) is 7.37. The largest absolute Gasteiger partial charge is 0.493 e. The van der Waals surface area contributed by atoms with Crippen molar-refractivity contribution in [3.63, 3.8) is 0 Å². The second-order valence-corrected chi connectivity index (χ2v) is 8.38. The van der Waals surface area contributed by atoms with E-state index < -0.39 is 12.0 Å². The third-order valence-corrected chi connectivity index (χ3v) is 6.26. The van der Waals surface area contributed by atoms with Crippen LogP contribution in [0.15, 0.2) is 76.4 Å². The average Bonchev–Trinajstić information content (AvgIpc) is 3.16. The zero-order chi connectivity index (χ0) is 24.2. The molecule has 3 heterocycles. The van der Waals surface area contributed by atoms with E-state index in [0.29, 0.717) is 32.1 Å². The molecule has 0 bridgehead atoms. The first-order valence-electron chi connectivity index (χ1n) is 10.4. The molecule has 9 heteroatoms. The van der Waals surface area contributed by atoms with Gasteiger partial charge in [-0.2, -0.15) is 0 Å². The molecule has 8 nitrogen and oxygen atoms in total. The molecule has 1 aliphatic rings. The first-order chi connectivity index (χ1) is 16.5. The third-order valence-electron chi connectivity index (χ3n) is 5.28. The Labute approximate surface area is 199 Å². The van der Waals surface area contributed by atoms with E-state index in [1.165, 1.54) is 29.1 Å². The van der Waals surface area contributed by atoms with Crippen LogP contribution in [0.1, 0.15) is 24.1 Å². The van der Waals surface area contributed by atoms with E-state index in [1.807, 2.05) is 6.07 Å². The lowest BCUT2D eigenvalue weighted by Crippen LogP contribution is -2.40. The third kappa shape index (κ3) is 4.29. The van der Waals surface area contributed by atoms with Crippen molar-refractivity contribution in [2.45, 2.75) is 13.0 Å². The van der Waals surface area contributed by atoms with Gasteiger partial charge in [0.05, 0.1) is 36.1 Å². The molecule has 1 unspecified atom stereocenters. The Morgan fingerprint density at radius 3 is 2.71 bits per heavy atom. The summed E-state index contributed by atoms with van der Waals surface area (Å²) in [6.07, 6.45) is 6.59. The maximum Gasteiger partial charge on any atom is 0.338 e. The van der Waals surface area contributed by atoms with Gasteiger partial charge in [-0.25, -0.2) is 9.79 Å². The van der Waals surface area contributed by atoms with Crippen LogP contribution in [-0.4, -0.2) is 36.3 Å². The fourth-order valence-electron chi connectivity index (χ4n) is 3.75. The zero-order valence-electron chi connectivity index (χ0n) is 19.0. The van der Waals surface area contributed by atoms with Crippen LogP contribution in [0.3, 0.4) is 0 Å². The van der Waals surface area contributed by atoms with Crippen LogP contribution in [0, 0.1) is 0 Å². The quantitative estimate of drug-likeness (QED) is 0.383. The van der Waals surface area contributed by atoms with Crippen molar-refractivity contribution in [2.75, 3.05) is 20.8 Å². The predicted octanol–water partition coefficient (Wildman–Crippen LogP) is 2.38. The van der Waals surface area contributed by atoms with Gasteiger partial charge in [-0.15, -0.1) is 0 Å². The number of methoxy groups -OCH3 is 2. The fourth-order valence-corrected chi connectivity index (χ4v) is 4.79. The monoisotopic (exact) mass is 477 g/mol. The van der Waals surface area contributed by atoms with Crippen molar-refractivity contribution in [2.24, 2.45) is 4.99 Å². The molecule has 2 aromatic heterocycles. The maximum atomic E-state index is 13.6. The Morgan fingerprint density at radius 2 is 2.03 bits per heavy atom. The topological polar surface area (TPSA) is 92.0 Å². The number of carbonyl (C=O) groups excluding carboxylic acids is 1. The molecule has 0 amide bonds. The normalized spacial score (nSPS) is 15.4. The highest BCUT2D eigenvalue weighted by atomic mass is 32.1. The molecule has 1 aromatic carbocycles. The standard InChI is InChI=1S/C25H23N3O5S/c1-5-11-33-24(30)21-15(2)27-25-28(22(21)17-8-9-18(31-3)19(13-17)32-4)23(29)20(34-25)12-16-7-6-10-26-14-16/h5-10,12-14,22H,1,11H2,2-4H3. The molecular formula is C25H23N3O5S. The number of esters is 1. The molecule has 0 radical (unpaired) electrons. The second kappa shape index (κ2) is 9.88. The molecule has 3 aromatic rings. The summed E-state index contributed by atoms with van der Waals surface area (Å²) < 4.78 is 18.2. The number of nitrogens with zero attached hydrogens (tertiary/aromatic N) is 3. The summed E-state index contributed by atoms with van der Waals surface area (Å²) in [7, 11) is 3.07. The first kappa shape index (κ1) is 23.2. The lowest BCUT2D eigenvalue weighted by Gasteiger charge is -2.25. The smallest absolute Gasteiger partial charge is 0.338 e. The average molecular weight is 478 g/mol. The molecule has 0 spiro atoms. The summed E-state index contributed by atoms with van der Waals surface area (Å²) in [6.45, 7) is 5.37. The van der Waals surface area contributed by atoms with Gasteiger partial charge in [0, 0.05) is 12.4 Å². The van der Waals surface area contributed by atoms with Gasteiger partial charge in [0.2, 0.25) is 0 Å². The number of hydrogen-bond donors (Lipinski definition) is 0. The Balaban J connectivity index is 1.96. The Kier molecular flexibility index (Phi) is 6.74. The number of allylic oxidation sites excluding steroid dienone is 1. The van der Waals surface area contributed by atoms with Crippen molar-refractivity contribution in [3.05, 3.63) is 97.5 Å². The summed E-state index contributed by atoms with van der Waals surface area (Å²) in [5.41, 5.74) is 1.93. The molecule has 0 saturated heterocycles. The summed E-state index contributed by atoms with van der Waals surface area (Å²) in [5.74, 6) is 0.445. The molecule has 0 aliphatic carbocycles. The number of benzene rings is 1. The lowest BCUT2D eigenvalue weighted by molar-refractivity contribution is -0.138. The lowest BCUT2D eigenvalue weighted by atomic mass is 9.95. The Hall–Kier alpha value is -3.98. The summed E-state index contributed by atoms with van der Waals surface area (Å²) in [5, 5.41) is 0. The van der Waals surface area contributed by atoms with Gasteiger partial charge in [0.25, 0.3) is 5.56 Å². The van der Waals surface area contributed by atoms with Gasteiger partial charge < -0.3 is 14.2 Å². The van der Waals surface area contributed by atoms with Crippen LogP contribution in [-0.2, 0) is 9.53 Å². The number of aromatic nitrogens is 2. The molecule has 1 aliphatic heterocycles. The van der Waals surface area contributed by atoms with Crippen LogP contribution in [0.4, 0.5) is 0 Å². The molecule has 34 heavy (non-hydrogen) atoms. The highest BCUT2D eigenvalue weighted by molar-refractivity contribution is 7.07. The van der Waals surface area contributed by atoms with Crippen molar-refractivity contribution in [3.8, 4) is 11.5 Å². The minimum atomic E-state index is -0.760. The summed E-state index contributed by atoms with van der Waals surface area (Å²) >= 11 is 1.25. The van der Waals surface area contributed by atoms with Crippen LogP contribution in [0.25, 0.3) is 6.08 Å². The van der Waals surface area contributed by atoms with Gasteiger partial charge in [0.15, 0.2) is 16.3 Å². The van der Waals surface area contributed by atoms with Crippen LogP contribution in [0.5, 0.6) is 11.5 Å². The van der Waals surface area contributed by atoms with E-state index >= 15 is 0 Å². The minimum absolute atomic E-state index is 0.0414. The van der Waals surface area contributed by atoms with Crippen LogP contribution in [0.2, 0.25) is 0 Å². The molecule has 174 valence electrons.